The molecular weight excluding hydrogens is 330 g/mol. The first-order valence-electron chi connectivity index (χ1n) is 9.58. The lowest BCUT2D eigenvalue weighted by atomic mass is 9.95. The van der Waals surface area contributed by atoms with Crippen molar-refractivity contribution >= 4 is 17.8 Å². The third kappa shape index (κ3) is 4.84. The summed E-state index contributed by atoms with van der Waals surface area (Å²) < 4.78 is 0. The number of carbonyl (C=O) groups excluding carboxylic acids is 3. The summed E-state index contributed by atoms with van der Waals surface area (Å²) in [4.78, 5) is 37.9. The number of benzene rings is 1. The third-order valence-corrected chi connectivity index (χ3v) is 5.20. The second kappa shape index (κ2) is 8.83. The summed E-state index contributed by atoms with van der Waals surface area (Å²) in [5.41, 5.74) is 1.09. The van der Waals surface area contributed by atoms with Crippen molar-refractivity contribution in [2.45, 2.75) is 63.5 Å². The number of hydrogen-bond acceptors (Lipinski definition) is 3. The van der Waals surface area contributed by atoms with Gasteiger partial charge in [0, 0.05) is 19.0 Å². The van der Waals surface area contributed by atoms with Gasteiger partial charge in [-0.05, 0) is 31.2 Å². The van der Waals surface area contributed by atoms with E-state index in [1.165, 1.54) is 24.2 Å². The number of nitrogens with one attached hydrogen (secondary N) is 2. The Morgan fingerprint density at radius 3 is 2.58 bits per heavy atom. The minimum Gasteiger partial charge on any atom is -0.353 e. The molecule has 1 heterocycles. The van der Waals surface area contributed by atoms with Gasteiger partial charge in [0.2, 0.25) is 5.91 Å². The average molecular weight is 357 g/mol. The zero-order valence-electron chi connectivity index (χ0n) is 15.1. The molecule has 6 heteroatoms. The molecule has 140 valence electrons. The molecule has 1 saturated carbocycles. The maximum absolute atomic E-state index is 12.5. The van der Waals surface area contributed by atoms with Crippen molar-refractivity contribution in [3.63, 3.8) is 0 Å². The maximum Gasteiger partial charge on any atom is 0.324 e. The van der Waals surface area contributed by atoms with E-state index in [0.29, 0.717) is 19.4 Å². The summed E-state index contributed by atoms with van der Waals surface area (Å²) >= 11 is 0. The molecule has 2 fully saturated rings. The standard InChI is InChI=1S/C20H27N3O3/c24-18(21-16-9-5-2-6-10-16)12-11-17-19(25)23(20(26)22-17)14-13-15-7-3-1-4-8-15/h1,3-4,7-8,16-17H,2,5-6,9-14H2,(H,21,24)(H,22,26). The summed E-state index contributed by atoms with van der Waals surface area (Å²) in [6, 6.07) is 9.10. The molecule has 1 aliphatic heterocycles. The van der Waals surface area contributed by atoms with Crippen LogP contribution in [0.15, 0.2) is 30.3 Å². The molecule has 26 heavy (non-hydrogen) atoms. The van der Waals surface area contributed by atoms with Crippen LogP contribution in [0.1, 0.15) is 50.5 Å². The Bertz CT molecular complexity index is 641. The van der Waals surface area contributed by atoms with Gasteiger partial charge < -0.3 is 10.6 Å². The Morgan fingerprint density at radius 1 is 1.12 bits per heavy atom. The molecule has 2 aliphatic rings. The fourth-order valence-electron chi connectivity index (χ4n) is 3.69. The second-order valence-electron chi connectivity index (χ2n) is 7.17. The molecule has 4 amide bonds. The number of rotatable bonds is 7. The van der Waals surface area contributed by atoms with E-state index in [1.807, 2.05) is 30.3 Å². The fourth-order valence-corrected chi connectivity index (χ4v) is 3.69. The van der Waals surface area contributed by atoms with Gasteiger partial charge in [-0.25, -0.2) is 4.79 Å². The van der Waals surface area contributed by atoms with Gasteiger partial charge in [-0.3, -0.25) is 14.5 Å². The van der Waals surface area contributed by atoms with Gasteiger partial charge in [-0.1, -0.05) is 49.6 Å². The maximum atomic E-state index is 12.5. The number of hydrogen-bond donors (Lipinski definition) is 2. The molecule has 0 radical (unpaired) electrons. The van der Waals surface area contributed by atoms with E-state index in [4.69, 9.17) is 0 Å². The minimum absolute atomic E-state index is 0.0262. The highest BCUT2D eigenvalue weighted by Crippen LogP contribution is 2.18. The van der Waals surface area contributed by atoms with Crippen molar-refractivity contribution in [3.8, 4) is 0 Å². The van der Waals surface area contributed by atoms with Gasteiger partial charge in [-0.2, -0.15) is 0 Å². The number of amides is 4. The topological polar surface area (TPSA) is 78.5 Å². The highest BCUT2D eigenvalue weighted by Gasteiger charge is 2.37. The first kappa shape index (κ1) is 18.4. The van der Waals surface area contributed by atoms with Crippen molar-refractivity contribution in [3.05, 3.63) is 35.9 Å². The highest BCUT2D eigenvalue weighted by atomic mass is 16.2. The largest absolute Gasteiger partial charge is 0.353 e. The van der Waals surface area contributed by atoms with Crippen molar-refractivity contribution in [1.82, 2.24) is 15.5 Å². The molecule has 1 unspecified atom stereocenters. The monoisotopic (exact) mass is 357 g/mol. The van der Waals surface area contributed by atoms with E-state index in [2.05, 4.69) is 10.6 Å². The first-order chi connectivity index (χ1) is 12.6. The molecule has 0 spiro atoms. The van der Waals surface area contributed by atoms with Crippen molar-refractivity contribution < 1.29 is 14.4 Å². The quantitative estimate of drug-likeness (QED) is 0.736. The summed E-state index contributed by atoms with van der Waals surface area (Å²) in [7, 11) is 0. The predicted molar refractivity (Wildman–Crippen MR) is 98.4 cm³/mol. The van der Waals surface area contributed by atoms with Crippen molar-refractivity contribution in [1.29, 1.82) is 0 Å². The van der Waals surface area contributed by atoms with Crippen LogP contribution in [0.5, 0.6) is 0 Å². The number of imide groups is 1. The number of carbonyl (C=O) groups is 3. The molecule has 3 rings (SSSR count). The normalized spacial score (nSPS) is 20.9. The van der Waals surface area contributed by atoms with Gasteiger partial charge in [0.15, 0.2) is 0 Å². The lowest BCUT2D eigenvalue weighted by Crippen LogP contribution is -2.38. The molecule has 6 nitrogen and oxygen atoms in total. The lowest BCUT2D eigenvalue weighted by molar-refractivity contribution is -0.127. The summed E-state index contributed by atoms with van der Waals surface area (Å²) in [5.74, 6) is -0.252. The Kier molecular flexibility index (Phi) is 6.26. The van der Waals surface area contributed by atoms with E-state index >= 15 is 0 Å². The number of nitrogens with zero attached hydrogens (tertiary/aromatic N) is 1. The van der Waals surface area contributed by atoms with Gasteiger partial charge in [0.1, 0.15) is 6.04 Å². The molecular formula is C20H27N3O3. The molecule has 1 aliphatic carbocycles. The molecule has 1 aromatic carbocycles. The van der Waals surface area contributed by atoms with Gasteiger partial charge >= 0.3 is 6.03 Å². The van der Waals surface area contributed by atoms with E-state index in [-0.39, 0.29) is 30.3 Å². The summed E-state index contributed by atoms with van der Waals surface area (Å²) in [6.07, 6.45) is 6.90. The molecule has 2 N–H and O–H groups in total. The summed E-state index contributed by atoms with van der Waals surface area (Å²) in [5, 5.41) is 5.76. The van der Waals surface area contributed by atoms with Crippen molar-refractivity contribution in [2.24, 2.45) is 0 Å². The van der Waals surface area contributed by atoms with E-state index in [0.717, 1.165) is 18.4 Å². The van der Waals surface area contributed by atoms with Crippen LogP contribution in [0, 0.1) is 0 Å². The smallest absolute Gasteiger partial charge is 0.324 e. The minimum atomic E-state index is -0.588. The Hall–Kier alpha value is -2.37. The van der Waals surface area contributed by atoms with Crippen LogP contribution >= 0.6 is 0 Å². The number of urea groups is 1. The van der Waals surface area contributed by atoms with Crippen LogP contribution in [0.2, 0.25) is 0 Å². The van der Waals surface area contributed by atoms with Crippen LogP contribution < -0.4 is 10.6 Å². The Balaban J connectivity index is 1.43. The summed E-state index contributed by atoms with van der Waals surface area (Å²) in [6.45, 7) is 0.361. The Labute approximate surface area is 154 Å². The first-order valence-corrected chi connectivity index (χ1v) is 9.58. The second-order valence-corrected chi connectivity index (χ2v) is 7.17. The highest BCUT2D eigenvalue weighted by molar-refractivity contribution is 6.04. The zero-order chi connectivity index (χ0) is 18.4. The van der Waals surface area contributed by atoms with Crippen LogP contribution in [0.4, 0.5) is 4.79 Å². The zero-order valence-corrected chi connectivity index (χ0v) is 15.1. The molecule has 0 bridgehead atoms. The predicted octanol–water partition coefficient (Wildman–Crippen LogP) is 2.38. The van der Waals surface area contributed by atoms with E-state index in [9.17, 15) is 14.4 Å². The van der Waals surface area contributed by atoms with Crippen LogP contribution in [0.3, 0.4) is 0 Å². The van der Waals surface area contributed by atoms with Crippen molar-refractivity contribution in [2.75, 3.05) is 6.54 Å². The Morgan fingerprint density at radius 2 is 1.85 bits per heavy atom. The van der Waals surface area contributed by atoms with Gasteiger partial charge in [0.25, 0.3) is 5.91 Å². The van der Waals surface area contributed by atoms with E-state index in [1.54, 1.807) is 0 Å². The van der Waals surface area contributed by atoms with Gasteiger partial charge in [0.05, 0.1) is 0 Å². The SMILES string of the molecule is O=C(CCC1NC(=O)N(CCc2ccccc2)C1=O)NC1CCCCC1. The third-order valence-electron chi connectivity index (χ3n) is 5.20. The molecule has 0 aromatic heterocycles. The average Bonchev–Trinajstić information content (AvgIpc) is 2.93. The molecule has 1 saturated heterocycles. The van der Waals surface area contributed by atoms with Crippen LogP contribution in [0.25, 0.3) is 0 Å². The lowest BCUT2D eigenvalue weighted by Gasteiger charge is -2.22. The van der Waals surface area contributed by atoms with Crippen LogP contribution in [-0.4, -0.2) is 41.4 Å². The molecule has 1 atom stereocenters. The van der Waals surface area contributed by atoms with E-state index < -0.39 is 6.04 Å². The fraction of sp³-hybridized carbons (Fsp3) is 0.550. The van der Waals surface area contributed by atoms with Gasteiger partial charge in [-0.15, -0.1) is 0 Å². The molecule has 1 aromatic rings. The van der Waals surface area contributed by atoms with Crippen LogP contribution in [-0.2, 0) is 16.0 Å².